The molecule has 1 aromatic heterocycles. The van der Waals surface area contributed by atoms with Gasteiger partial charge in [0.1, 0.15) is 5.82 Å². The number of nitrogens with zero attached hydrogens (tertiary/aromatic N) is 2. The third-order valence-corrected chi connectivity index (χ3v) is 4.77. The Morgan fingerprint density at radius 2 is 1.45 bits per heavy atom. The smallest absolute Gasteiger partial charge is 0.338 e. The number of para-hydroxylation sites is 2. The first-order chi connectivity index (χ1) is 15.1. The largest absolute Gasteiger partial charge is 0.449 e. The summed E-state index contributed by atoms with van der Waals surface area (Å²) >= 11 is 0. The van der Waals surface area contributed by atoms with Crippen LogP contribution < -0.4 is 4.90 Å². The van der Waals surface area contributed by atoms with E-state index in [-0.39, 0.29) is 5.91 Å². The fraction of sp³-hybridized carbons (Fsp3) is 0.0800. The summed E-state index contributed by atoms with van der Waals surface area (Å²) in [5.41, 5.74) is 2.61. The Balaban J connectivity index is 1.51. The van der Waals surface area contributed by atoms with Gasteiger partial charge in [-0.1, -0.05) is 48.5 Å². The van der Waals surface area contributed by atoms with Crippen LogP contribution in [0.15, 0.2) is 97.3 Å². The molecule has 0 spiro atoms. The van der Waals surface area contributed by atoms with Crippen molar-refractivity contribution in [3.63, 3.8) is 0 Å². The second kappa shape index (κ2) is 9.09. The molecule has 0 radical (unpaired) electrons. The van der Waals surface area contributed by atoms with E-state index >= 15 is 0 Å². The van der Waals surface area contributed by atoms with Crippen molar-refractivity contribution in [1.29, 1.82) is 0 Å². The number of carbonyl (C=O) groups excluding carboxylic acids is 2. The number of imidazole rings is 1. The van der Waals surface area contributed by atoms with Crippen LogP contribution in [-0.2, 0) is 9.53 Å². The molecule has 0 aliphatic rings. The number of H-pyrrole nitrogens is 1. The van der Waals surface area contributed by atoms with Crippen molar-refractivity contribution in [2.24, 2.45) is 0 Å². The number of aromatic amines is 1. The predicted octanol–water partition coefficient (Wildman–Crippen LogP) is 4.99. The molecule has 4 rings (SSSR count). The predicted molar refractivity (Wildman–Crippen MR) is 119 cm³/mol. The first-order valence-corrected chi connectivity index (χ1v) is 9.88. The first-order valence-electron chi connectivity index (χ1n) is 9.88. The number of anilines is 2. The molecule has 0 bridgehead atoms. The SMILES string of the molecule is CC(OC(=O)c1ccc(-c2ncc[nH]2)cc1)C(=O)N(c1ccccc1)c1ccccc1. The third-order valence-electron chi connectivity index (χ3n) is 4.77. The number of amides is 1. The molecule has 1 atom stereocenters. The van der Waals surface area contributed by atoms with Gasteiger partial charge in [-0.15, -0.1) is 0 Å². The zero-order chi connectivity index (χ0) is 21.6. The van der Waals surface area contributed by atoms with Gasteiger partial charge in [-0.3, -0.25) is 9.69 Å². The molecular formula is C25H21N3O3. The summed E-state index contributed by atoms with van der Waals surface area (Å²) in [6.45, 7) is 1.58. The van der Waals surface area contributed by atoms with E-state index in [2.05, 4.69) is 9.97 Å². The minimum Gasteiger partial charge on any atom is -0.449 e. The van der Waals surface area contributed by atoms with Crippen LogP contribution in [0.25, 0.3) is 11.4 Å². The Hall–Kier alpha value is -4.19. The highest BCUT2D eigenvalue weighted by Gasteiger charge is 2.26. The Labute approximate surface area is 180 Å². The number of benzene rings is 3. The molecule has 154 valence electrons. The van der Waals surface area contributed by atoms with Crippen LogP contribution in [0.3, 0.4) is 0 Å². The van der Waals surface area contributed by atoms with E-state index < -0.39 is 12.1 Å². The molecule has 31 heavy (non-hydrogen) atoms. The average molecular weight is 411 g/mol. The maximum atomic E-state index is 13.3. The van der Waals surface area contributed by atoms with Crippen LogP contribution in [0.1, 0.15) is 17.3 Å². The van der Waals surface area contributed by atoms with Gasteiger partial charge in [-0.2, -0.15) is 0 Å². The molecule has 1 unspecified atom stereocenters. The van der Waals surface area contributed by atoms with E-state index in [1.165, 1.54) is 0 Å². The number of ether oxygens (including phenoxy) is 1. The summed E-state index contributed by atoms with van der Waals surface area (Å²) in [7, 11) is 0. The molecule has 3 aromatic carbocycles. The van der Waals surface area contributed by atoms with E-state index in [4.69, 9.17) is 4.74 Å². The lowest BCUT2D eigenvalue weighted by Gasteiger charge is -2.26. The summed E-state index contributed by atoms with van der Waals surface area (Å²) in [5.74, 6) is -0.185. The Morgan fingerprint density at radius 1 is 0.871 bits per heavy atom. The lowest BCUT2D eigenvalue weighted by molar-refractivity contribution is -0.125. The Kier molecular flexibility index (Phi) is 5.89. The summed E-state index contributed by atoms with van der Waals surface area (Å²) in [5, 5.41) is 0. The van der Waals surface area contributed by atoms with Gasteiger partial charge >= 0.3 is 5.97 Å². The maximum absolute atomic E-state index is 13.3. The topological polar surface area (TPSA) is 75.3 Å². The zero-order valence-corrected chi connectivity index (χ0v) is 16.9. The maximum Gasteiger partial charge on any atom is 0.338 e. The van der Waals surface area contributed by atoms with Gasteiger partial charge in [-0.05, 0) is 43.3 Å². The van der Waals surface area contributed by atoms with Crippen LogP contribution >= 0.6 is 0 Å². The van der Waals surface area contributed by atoms with E-state index in [1.54, 1.807) is 48.5 Å². The molecule has 1 amide bonds. The minimum absolute atomic E-state index is 0.335. The highest BCUT2D eigenvalue weighted by atomic mass is 16.5. The van der Waals surface area contributed by atoms with E-state index in [0.29, 0.717) is 22.8 Å². The van der Waals surface area contributed by atoms with Crippen LogP contribution in [0.2, 0.25) is 0 Å². The van der Waals surface area contributed by atoms with Gasteiger partial charge in [0.2, 0.25) is 0 Å². The molecule has 0 aliphatic carbocycles. The molecule has 6 heteroatoms. The second-order valence-corrected chi connectivity index (χ2v) is 6.91. The second-order valence-electron chi connectivity index (χ2n) is 6.91. The summed E-state index contributed by atoms with van der Waals surface area (Å²) < 4.78 is 5.50. The molecule has 0 aliphatic heterocycles. The normalized spacial score (nSPS) is 11.5. The molecule has 6 nitrogen and oxygen atoms in total. The zero-order valence-electron chi connectivity index (χ0n) is 16.9. The molecule has 4 aromatic rings. The van der Waals surface area contributed by atoms with Crippen molar-refractivity contribution >= 4 is 23.3 Å². The van der Waals surface area contributed by atoms with Crippen LogP contribution in [0, 0.1) is 0 Å². The van der Waals surface area contributed by atoms with Crippen molar-refractivity contribution < 1.29 is 14.3 Å². The highest BCUT2D eigenvalue weighted by Crippen LogP contribution is 2.26. The number of hydrogen-bond acceptors (Lipinski definition) is 4. The van der Waals surface area contributed by atoms with E-state index in [0.717, 1.165) is 5.56 Å². The fourth-order valence-corrected chi connectivity index (χ4v) is 3.21. The van der Waals surface area contributed by atoms with Gasteiger partial charge in [0, 0.05) is 29.3 Å². The van der Waals surface area contributed by atoms with Crippen molar-refractivity contribution in [3.8, 4) is 11.4 Å². The van der Waals surface area contributed by atoms with Crippen LogP contribution in [0.4, 0.5) is 11.4 Å². The third kappa shape index (κ3) is 4.53. The van der Waals surface area contributed by atoms with E-state index in [9.17, 15) is 9.59 Å². The van der Waals surface area contributed by atoms with Crippen molar-refractivity contribution in [2.45, 2.75) is 13.0 Å². The van der Waals surface area contributed by atoms with Crippen molar-refractivity contribution in [3.05, 3.63) is 103 Å². The lowest BCUT2D eigenvalue weighted by atomic mass is 10.1. The number of aromatic nitrogens is 2. The number of esters is 1. The van der Waals surface area contributed by atoms with E-state index in [1.807, 2.05) is 60.7 Å². The monoisotopic (exact) mass is 411 g/mol. The van der Waals surface area contributed by atoms with Gasteiger partial charge in [-0.25, -0.2) is 9.78 Å². The molecule has 0 fully saturated rings. The van der Waals surface area contributed by atoms with Gasteiger partial charge in [0.15, 0.2) is 6.10 Å². The van der Waals surface area contributed by atoms with Gasteiger partial charge < -0.3 is 9.72 Å². The number of rotatable bonds is 6. The standard InChI is InChI=1S/C25H21N3O3/c1-18(31-25(30)20-14-12-19(13-15-20)23-26-16-17-27-23)24(29)28(21-8-4-2-5-9-21)22-10-6-3-7-11-22/h2-18H,1H3,(H,26,27). The molecular weight excluding hydrogens is 390 g/mol. The quantitative estimate of drug-likeness (QED) is 0.454. The first kappa shape index (κ1) is 20.1. The molecule has 0 saturated heterocycles. The number of hydrogen-bond donors (Lipinski definition) is 1. The molecule has 1 heterocycles. The summed E-state index contributed by atoms with van der Waals surface area (Å²) in [4.78, 5) is 34.6. The van der Waals surface area contributed by atoms with Crippen molar-refractivity contribution in [1.82, 2.24) is 9.97 Å². The lowest BCUT2D eigenvalue weighted by Crippen LogP contribution is -2.37. The Bertz CT molecular complexity index is 1100. The van der Waals surface area contributed by atoms with Gasteiger partial charge in [0.25, 0.3) is 5.91 Å². The van der Waals surface area contributed by atoms with Gasteiger partial charge in [0.05, 0.1) is 5.56 Å². The summed E-state index contributed by atoms with van der Waals surface area (Å²) in [6.07, 6.45) is 2.42. The van der Waals surface area contributed by atoms with Crippen molar-refractivity contribution in [2.75, 3.05) is 4.90 Å². The fourth-order valence-electron chi connectivity index (χ4n) is 3.21. The number of nitrogens with one attached hydrogen (secondary N) is 1. The average Bonchev–Trinajstić information content (AvgIpc) is 3.36. The Morgan fingerprint density at radius 3 is 1.97 bits per heavy atom. The van der Waals surface area contributed by atoms with Crippen LogP contribution in [0.5, 0.6) is 0 Å². The molecule has 0 saturated carbocycles. The highest BCUT2D eigenvalue weighted by molar-refractivity contribution is 6.04. The van der Waals surface area contributed by atoms with Crippen LogP contribution in [-0.4, -0.2) is 27.9 Å². The summed E-state index contributed by atoms with van der Waals surface area (Å²) in [6, 6.07) is 25.4. The number of carbonyl (C=O) groups is 2. The minimum atomic E-state index is -0.974. The molecule has 1 N–H and O–H groups in total.